The summed E-state index contributed by atoms with van der Waals surface area (Å²) >= 11 is 0. The standard InChI is InChI=1S/C19H25NO4/c1-7-15-8-14(10-17(21)23-6)9-16(13(15)2)11-20-12-18(22)24-19(3,4)5/h1,8-9,20H,10-12H2,2-6H3. The number of hydrogen-bond acceptors (Lipinski definition) is 5. The maximum Gasteiger partial charge on any atom is 0.320 e. The predicted molar refractivity (Wildman–Crippen MR) is 92.4 cm³/mol. The van der Waals surface area contributed by atoms with Crippen LogP contribution in [-0.4, -0.2) is 31.2 Å². The van der Waals surface area contributed by atoms with Crippen molar-refractivity contribution in [3.63, 3.8) is 0 Å². The zero-order valence-corrected chi connectivity index (χ0v) is 15.0. The second-order valence-electron chi connectivity index (χ2n) is 6.51. The number of rotatable bonds is 6. The molecule has 0 saturated heterocycles. The molecule has 0 heterocycles. The van der Waals surface area contributed by atoms with Crippen molar-refractivity contribution in [2.24, 2.45) is 0 Å². The number of hydrogen-bond donors (Lipinski definition) is 1. The van der Waals surface area contributed by atoms with E-state index in [1.165, 1.54) is 7.11 Å². The normalized spacial score (nSPS) is 10.8. The summed E-state index contributed by atoms with van der Waals surface area (Å²) in [5.74, 6) is 1.98. The van der Waals surface area contributed by atoms with E-state index in [4.69, 9.17) is 11.2 Å². The highest BCUT2D eigenvalue weighted by atomic mass is 16.6. The number of methoxy groups -OCH3 is 1. The molecule has 0 aliphatic heterocycles. The molecule has 0 fully saturated rings. The number of esters is 2. The SMILES string of the molecule is C#Cc1cc(CC(=O)OC)cc(CNCC(=O)OC(C)(C)C)c1C. The van der Waals surface area contributed by atoms with Gasteiger partial charge in [-0.05, 0) is 50.5 Å². The third-order valence-electron chi connectivity index (χ3n) is 3.31. The lowest BCUT2D eigenvalue weighted by Crippen LogP contribution is -2.31. The van der Waals surface area contributed by atoms with Gasteiger partial charge in [0.2, 0.25) is 0 Å². The van der Waals surface area contributed by atoms with Crippen LogP contribution in [0.15, 0.2) is 12.1 Å². The Bertz CT molecular complexity index is 651. The average molecular weight is 331 g/mol. The van der Waals surface area contributed by atoms with Gasteiger partial charge in [-0.2, -0.15) is 0 Å². The van der Waals surface area contributed by atoms with Crippen molar-refractivity contribution >= 4 is 11.9 Å². The fourth-order valence-corrected chi connectivity index (χ4v) is 2.19. The van der Waals surface area contributed by atoms with Crippen molar-refractivity contribution in [3.8, 4) is 12.3 Å². The van der Waals surface area contributed by atoms with Gasteiger partial charge in [-0.25, -0.2) is 0 Å². The van der Waals surface area contributed by atoms with E-state index in [2.05, 4.69) is 16.0 Å². The molecule has 0 aliphatic rings. The van der Waals surface area contributed by atoms with E-state index in [-0.39, 0.29) is 24.9 Å². The maximum atomic E-state index is 11.7. The summed E-state index contributed by atoms with van der Waals surface area (Å²) in [5.41, 5.74) is 2.89. The van der Waals surface area contributed by atoms with Crippen LogP contribution >= 0.6 is 0 Å². The van der Waals surface area contributed by atoms with Gasteiger partial charge < -0.3 is 14.8 Å². The van der Waals surface area contributed by atoms with Gasteiger partial charge in [0.05, 0.1) is 20.1 Å². The summed E-state index contributed by atoms with van der Waals surface area (Å²) in [6, 6.07) is 3.71. The molecule has 1 aromatic rings. The minimum Gasteiger partial charge on any atom is -0.469 e. The number of terminal acetylenes is 1. The summed E-state index contributed by atoms with van der Waals surface area (Å²) in [7, 11) is 1.35. The van der Waals surface area contributed by atoms with Gasteiger partial charge in [0, 0.05) is 12.1 Å². The predicted octanol–water partition coefficient (Wildman–Crippen LogP) is 2.12. The zero-order chi connectivity index (χ0) is 18.3. The third-order valence-corrected chi connectivity index (χ3v) is 3.31. The summed E-state index contributed by atoms with van der Waals surface area (Å²) in [6.45, 7) is 7.94. The lowest BCUT2D eigenvalue weighted by Gasteiger charge is -2.19. The van der Waals surface area contributed by atoms with Crippen LogP contribution in [0, 0.1) is 19.3 Å². The van der Waals surface area contributed by atoms with Gasteiger partial charge in [-0.3, -0.25) is 9.59 Å². The highest BCUT2D eigenvalue weighted by Crippen LogP contribution is 2.17. The van der Waals surface area contributed by atoms with Gasteiger partial charge in [0.25, 0.3) is 0 Å². The quantitative estimate of drug-likeness (QED) is 0.639. The van der Waals surface area contributed by atoms with Crippen LogP contribution in [0.1, 0.15) is 43.0 Å². The molecule has 0 saturated carbocycles. The molecule has 1 N–H and O–H groups in total. The Morgan fingerprint density at radius 3 is 2.46 bits per heavy atom. The Morgan fingerprint density at radius 1 is 1.25 bits per heavy atom. The second kappa shape index (κ2) is 8.51. The molecule has 130 valence electrons. The zero-order valence-electron chi connectivity index (χ0n) is 15.0. The van der Waals surface area contributed by atoms with Crippen LogP contribution in [-0.2, 0) is 32.0 Å². The van der Waals surface area contributed by atoms with E-state index in [0.29, 0.717) is 6.54 Å². The first-order chi connectivity index (χ1) is 11.2. The lowest BCUT2D eigenvalue weighted by atomic mass is 9.97. The lowest BCUT2D eigenvalue weighted by molar-refractivity contribution is -0.153. The highest BCUT2D eigenvalue weighted by Gasteiger charge is 2.16. The molecule has 5 heteroatoms. The van der Waals surface area contributed by atoms with E-state index in [9.17, 15) is 9.59 Å². The monoisotopic (exact) mass is 331 g/mol. The number of nitrogens with one attached hydrogen (secondary N) is 1. The van der Waals surface area contributed by atoms with Crippen LogP contribution in [0.4, 0.5) is 0 Å². The van der Waals surface area contributed by atoms with E-state index in [0.717, 1.165) is 22.3 Å². The molecule has 24 heavy (non-hydrogen) atoms. The Balaban J connectivity index is 2.80. The summed E-state index contributed by atoms with van der Waals surface area (Å²) in [5, 5.41) is 3.05. The van der Waals surface area contributed by atoms with Crippen molar-refractivity contribution in [1.82, 2.24) is 5.32 Å². The molecule has 0 spiro atoms. The Hall–Kier alpha value is -2.32. The fourth-order valence-electron chi connectivity index (χ4n) is 2.19. The number of carbonyl (C=O) groups is 2. The third kappa shape index (κ3) is 6.43. The molecule has 5 nitrogen and oxygen atoms in total. The molecule has 1 aromatic carbocycles. The smallest absolute Gasteiger partial charge is 0.320 e. The Kier molecular flexibility index (Phi) is 6.99. The van der Waals surface area contributed by atoms with E-state index >= 15 is 0 Å². The van der Waals surface area contributed by atoms with Crippen molar-refractivity contribution in [3.05, 3.63) is 34.4 Å². The van der Waals surface area contributed by atoms with Crippen LogP contribution in [0.5, 0.6) is 0 Å². The Morgan fingerprint density at radius 2 is 1.92 bits per heavy atom. The van der Waals surface area contributed by atoms with E-state index in [1.54, 1.807) is 0 Å². The maximum absolute atomic E-state index is 11.7. The molecular weight excluding hydrogens is 306 g/mol. The minimum absolute atomic E-state index is 0.101. The minimum atomic E-state index is -0.508. The van der Waals surface area contributed by atoms with Crippen molar-refractivity contribution in [2.75, 3.05) is 13.7 Å². The number of ether oxygens (including phenoxy) is 2. The highest BCUT2D eigenvalue weighted by molar-refractivity contribution is 5.73. The molecule has 1 rings (SSSR count). The molecular formula is C19H25NO4. The summed E-state index contributed by atoms with van der Waals surface area (Å²) < 4.78 is 9.94. The molecule has 0 amide bonds. The molecule has 0 radical (unpaired) electrons. The van der Waals surface area contributed by atoms with Crippen LogP contribution < -0.4 is 5.32 Å². The largest absolute Gasteiger partial charge is 0.469 e. The fraction of sp³-hybridized carbons (Fsp3) is 0.474. The topological polar surface area (TPSA) is 64.6 Å². The van der Waals surface area contributed by atoms with Crippen LogP contribution in [0.2, 0.25) is 0 Å². The van der Waals surface area contributed by atoms with Gasteiger partial charge >= 0.3 is 11.9 Å². The first-order valence-electron chi connectivity index (χ1n) is 7.74. The average Bonchev–Trinajstić information content (AvgIpc) is 2.48. The molecule has 0 atom stereocenters. The van der Waals surface area contributed by atoms with E-state index < -0.39 is 5.60 Å². The second-order valence-corrected chi connectivity index (χ2v) is 6.51. The summed E-state index contributed by atoms with van der Waals surface area (Å²) in [4.78, 5) is 23.2. The van der Waals surface area contributed by atoms with Crippen LogP contribution in [0.3, 0.4) is 0 Å². The van der Waals surface area contributed by atoms with Gasteiger partial charge in [-0.15, -0.1) is 6.42 Å². The Labute approximate surface area is 143 Å². The van der Waals surface area contributed by atoms with Gasteiger partial charge in [0.15, 0.2) is 0 Å². The first-order valence-corrected chi connectivity index (χ1v) is 7.74. The van der Waals surface area contributed by atoms with Gasteiger partial charge in [0.1, 0.15) is 5.60 Å². The first kappa shape index (κ1) is 19.7. The van der Waals surface area contributed by atoms with Crippen molar-refractivity contribution < 1.29 is 19.1 Å². The molecule has 0 aromatic heterocycles. The summed E-state index contributed by atoms with van der Waals surface area (Å²) in [6.07, 6.45) is 5.69. The van der Waals surface area contributed by atoms with Crippen LogP contribution in [0.25, 0.3) is 0 Å². The number of carbonyl (C=O) groups excluding carboxylic acids is 2. The molecule has 0 aliphatic carbocycles. The molecule has 0 bridgehead atoms. The van der Waals surface area contributed by atoms with Gasteiger partial charge in [-0.1, -0.05) is 12.0 Å². The molecule has 0 unspecified atom stereocenters. The van der Waals surface area contributed by atoms with E-state index in [1.807, 2.05) is 39.8 Å². The van der Waals surface area contributed by atoms with Crippen molar-refractivity contribution in [1.29, 1.82) is 0 Å². The van der Waals surface area contributed by atoms with Crippen molar-refractivity contribution in [2.45, 2.75) is 46.3 Å². The number of benzene rings is 1.